The van der Waals surface area contributed by atoms with Gasteiger partial charge in [0.25, 0.3) is 0 Å². The van der Waals surface area contributed by atoms with Crippen LogP contribution >= 0.6 is 34.4 Å². The van der Waals surface area contributed by atoms with Gasteiger partial charge in [-0.1, -0.05) is 0 Å². The maximum Gasteiger partial charge on any atom is 0.309 e. The molecule has 0 radical (unpaired) electrons. The first-order valence-corrected chi connectivity index (χ1v) is 8.74. The summed E-state index contributed by atoms with van der Waals surface area (Å²) in [5.41, 5.74) is 1.74. The van der Waals surface area contributed by atoms with Gasteiger partial charge in [-0.15, -0.1) is 27.8 Å². The van der Waals surface area contributed by atoms with Gasteiger partial charge in [0.2, 0.25) is 5.16 Å². The van der Waals surface area contributed by atoms with Crippen molar-refractivity contribution in [3.63, 3.8) is 0 Å². The fourth-order valence-electron chi connectivity index (χ4n) is 1.69. The van der Waals surface area contributed by atoms with Crippen molar-refractivity contribution >= 4 is 40.4 Å². The van der Waals surface area contributed by atoms with Crippen LogP contribution in [0.3, 0.4) is 0 Å². The van der Waals surface area contributed by atoms with Crippen LogP contribution in [-0.4, -0.2) is 36.3 Å². The predicted molar refractivity (Wildman–Crippen MR) is 84.1 cm³/mol. The minimum absolute atomic E-state index is 0.0781. The number of aromatic nitrogens is 5. The van der Waals surface area contributed by atoms with Crippen molar-refractivity contribution in [2.75, 3.05) is 0 Å². The van der Waals surface area contributed by atoms with Gasteiger partial charge in [0.05, 0.1) is 12.1 Å². The average Bonchev–Trinajstić information content (AvgIpc) is 3.13. The third kappa shape index (κ3) is 3.18. The third-order valence-electron chi connectivity index (χ3n) is 2.84. The van der Waals surface area contributed by atoms with Crippen molar-refractivity contribution in [3.8, 4) is 5.00 Å². The fraction of sp³-hybridized carbons (Fsp3) is 0.250. The molecule has 3 rings (SSSR count). The molecule has 7 nitrogen and oxygen atoms in total. The van der Waals surface area contributed by atoms with E-state index in [4.69, 9.17) is 5.11 Å². The minimum atomic E-state index is -0.892. The van der Waals surface area contributed by atoms with E-state index in [-0.39, 0.29) is 6.42 Å². The fourth-order valence-corrected chi connectivity index (χ4v) is 4.45. The molecule has 0 saturated heterocycles. The van der Waals surface area contributed by atoms with Crippen LogP contribution in [0.5, 0.6) is 0 Å². The second-order valence-corrected chi connectivity index (χ2v) is 7.78. The quantitative estimate of drug-likeness (QED) is 0.753. The minimum Gasteiger partial charge on any atom is -0.481 e. The Balaban J connectivity index is 1.83. The van der Waals surface area contributed by atoms with E-state index in [0.717, 1.165) is 9.34 Å². The normalized spacial score (nSPS) is 11.0. The molecule has 1 N–H and O–H groups in total. The number of hydrogen-bond acceptors (Lipinski definition) is 8. The maximum atomic E-state index is 10.7. The van der Waals surface area contributed by atoms with Gasteiger partial charge in [-0.2, -0.15) is 4.68 Å². The first kappa shape index (κ1) is 15.1. The van der Waals surface area contributed by atoms with E-state index in [1.165, 1.54) is 33.5 Å². The van der Waals surface area contributed by atoms with Gasteiger partial charge in [-0.05, 0) is 47.7 Å². The van der Waals surface area contributed by atoms with Crippen LogP contribution in [0.1, 0.15) is 16.1 Å². The smallest absolute Gasteiger partial charge is 0.309 e. The Hall–Kier alpha value is -1.78. The van der Waals surface area contributed by atoms with Gasteiger partial charge in [0.15, 0.2) is 4.34 Å². The molecule has 0 aliphatic heterocycles. The van der Waals surface area contributed by atoms with E-state index in [1.807, 2.05) is 13.0 Å². The first-order valence-electron chi connectivity index (χ1n) is 6.23. The molecule has 0 aliphatic rings. The molecule has 10 heteroatoms. The second kappa shape index (κ2) is 6.15. The highest BCUT2D eigenvalue weighted by molar-refractivity contribution is 8.00. The summed E-state index contributed by atoms with van der Waals surface area (Å²) in [6, 6.07) is 2.04. The monoisotopic (exact) mass is 353 g/mol. The number of carbonyl (C=O) groups is 1. The number of thiazole rings is 1. The number of aryl methyl sites for hydroxylation is 2. The number of rotatable bonds is 5. The Labute approximate surface area is 138 Å². The maximum absolute atomic E-state index is 10.7. The number of aliphatic carboxylic acids is 1. The molecule has 3 heterocycles. The van der Waals surface area contributed by atoms with Crippen molar-refractivity contribution in [1.82, 2.24) is 25.2 Å². The van der Waals surface area contributed by atoms with E-state index in [1.54, 1.807) is 21.4 Å². The van der Waals surface area contributed by atoms with Crippen LogP contribution in [0.25, 0.3) is 5.00 Å². The van der Waals surface area contributed by atoms with Crippen LogP contribution in [0.4, 0.5) is 0 Å². The number of carboxylic acids is 1. The SMILES string of the molecule is Cc1cc(-n2nnnc2Sc2nc(CC(=O)O)cs2)sc1C. The lowest BCUT2D eigenvalue weighted by Crippen LogP contribution is -2.00. The Kier molecular flexibility index (Phi) is 4.23. The lowest BCUT2D eigenvalue weighted by molar-refractivity contribution is -0.136. The summed E-state index contributed by atoms with van der Waals surface area (Å²) in [6.45, 7) is 4.10. The topological polar surface area (TPSA) is 93.8 Å². The summed E-state index contributed by atoms with van der Waals surface area (Å²) in [6.07, 6.45) is -0.0781. The molecule has 114 valence electrons. The van der Waals surface area contributed by atoms with E-state index in [9.17, 15) is 4.79 Å². The second-order valence-electron chi connectivity index (χ2n) is 4.47. The zero-order chi connectivity index (χ0) is 15.7. The van der Waals surface area contributed by atoms with E-state index in [2.05, 4.69) is 27.4 Å². The van der Waals surface area contributed by atoms with E-state index < -0.39 is 5.97 Å². The summed E-state index contributed by atoms with van der Waals surface area (Å²) < 4.78 is 2.39. The molecule has 0 spiro atoms. The van der Waals surface area contributed by atoms with Crippen molar-refractivity contribution in [2.24, 2.45) is 0 Å². The number of nitrogens with zero attached hydrogens (tertiary/aromatic N) is 5. The number of tetrazole rings is 1. The molecule has 0 unspecified atom stereocenters. The summed E-state index contributed by atoms with van der Waals surface area (Å²) >= 11 is 4.33. The summed E-state index contributed by atoms with van der Waals surface area (Å²) in [5, 5.41) is 23.8. The molecule has 0 fully saturated rings. The zero-order valence-electron chi connectivity index (χ0n) is 11.7. The van der Waals surface area contributed by atoms with Crippen molar-refractivity contribution in [2.45, 2.75) is 29.8 Å². The summed E-state index contributed by atoms with van der Waals surface area (Å²) in [7, 11) is 0. The van der Waals surface area contributed by atoms with Gasteiger partial charge >= 0.3 is 5.97 Å². The van der Waals surface area contributed by atoms with E-state index >= 15 is 0 Å². The molecular weight excluding hydrogens is 342 g/mol. The van der Waals surface area contributed by atoms with Gasteiger partial charge in [-0.3, -0.25) is 4.79 Å². The van der Waals surface area contributed by atoms with Gasteiger partial charge < -0.3 is 5.11 Å². The number of thiophene rings is 1. The zero-order valence-corrected chi connectivity index (χ0v) is 14.1. The van der Waals surface area contributed by atoms with Crippen LogP contribution < -0.4 is 0 Å². The summed E-state index contributed by atoms with van der Waals surface area (Å²) in [4.78, 5) is 16.2. The Morgan fingerprint density at radius 1 is 1.45 bits per heavy atom. The Morgan fingerprint density at radius 2 is 2.27 bits per heavy atom. The molecule has 0 aliphatic carbocycles. The number of carboxylic acid groups (broad SMARTS) is 1. The molecule has 0 atom stereocenters. The van der Waals surface area contributed by atoms with Crippen LogP contribution in [-0.2, 0) is 11.2 Å². The van der Waals surface area contributed by atoms with Crippen molar-refractivity contribution in [3.05, 3.63) is 27.6 Å². The standard InChI is InChI=1S/C12H11N5O2S3/c1-6-3-9(21-7(6)2)17-11(14-15-16-17)22-12-13-8(5-20-12)4-10(18)19/h3,5H,4H2,1-2H3,(H,18,19). The first-order chi connectivity index (χ1) is 10.5. The predicted octanol–water partition coefficient (Wildman–Crippen LogP) is 2.58. The molecule has 0 amide bonds. The molecule has 0 saturated carbocycles. The molecule has 3 aromatic rings. The Bertz CT molecular complexity index is 803. The molecule has 22 heavy (non-hydrogen) atoms. The third-order valence-corrected chi connectivity index (χ3v) is 5.90. The Morgan fingerprint density at radius 3 is 2.95 bits per heavy atom. The highest BCUT2D eigenvalue weighted by Crippen LogP contribution is 2.32. The van der Waals surface area contributed by atoms with Crippen LogP contribution in [0.15, 0.2) is 20.9 Å². The highest BCUT2D eigenvalue weighted by Gasteiger charge is 2.15. The number of hydrogen-bond donors (Lipinski definition) is 1. The molecular formula is C12H11N5O2S3. The molecule has 3 aromatic heterocycles. The van der Waals surface area contributed by atoms with Gasteiger partial charge in [0, 0.05) is 10.3 Å². The molecule has 0 aromatic carbocycles. The van der Waals surface area contributed by atoms with Crippen molar-refractivity contribution < 1.29 is 9.90 Å². The van der Waals surface area contributed by atoms with Crippen LogP contribution in [0.2, 0.25) is 0 Å². The average molecular weight is 353 g/mol. The molecule has 0 bridgehead atoms. The van der Waals surface area contributed by atoms with Gasteiger partial charge in [0.1, 0.15) is 5.00 Å². The van der Waals surface area contributed by atoms with Crippen LogP contribution in [0, 0.1) is 13.8 Å². The lowest BCUT2D eigenvalue weighted by Gasteiger charge is -1.98. The summed E-state index contributed by atoms with van der Waals surface area (Å²) in [5.74, 6) is -0.892. The van der Waals surface area contributed by atoms with Crippen molar-refractivity contribution in [1.29, 1.82) is 0 Å². The largest absolute Gasteiger partial charge is 0.481 e. The van der Waals surface area contributed by atoms with Gasteiger partial charge in [-0.25, -0.2) is 4.98 Å². The lowest BCUT2D eigenvalue weighted by atomic mass is 10.3. The van der Waals surface area contributed by atoms with E-state index in [0.29, 0.717) is 10.9 Å². The highest BCUT2D eigenvalue weighted by atomic mass is 32.2.